The zero-order valence-electron chi connectivity index (χ0n) is 17.4. The van der Waals surface area contributed by atoms with Crippen LogP contribution in [-0.2, 0) is 11.3 Å². The molecule has 1 heterocycles. The molecule has 2 N–H and O–H groups in total. The Morgan fingerprint density at radius 1 is 1.14 bits per heavy atom. The van der Waals surface area contributed by atoms with E-state index in [1.807, 2.05) is 41.2 Å². The van der Waals surface area contributed by atoms with Crippen molar-refractivity contribution in [2.75, 3.05) is 33.4 Å². The molecule has 2 aromatic rings. The summed E-state index contributed by atoms with van der Waals surface area (Å²) in [6, 6.07) is 9.77. The summed E-state index contributed by atoms with van der Waals surface area (Å²) in [4.78, 5) is 4.61. The minimum atomic E-state index is 0.507. The fraction of sp³-hybridized carbons (Fsp3) is 0.524. The molecular weight excluding hydrogens is 354 g/mol. The fourth-order valence-corrected chi connectivity index (χ4v) is 2.49. The highest BCUT2D eigenvalue weighted by atomic mass is 16.5. The molecule has 0 bridgehead atoms. The standard InChI is InChI=1S/C21H33N5O2/c1-5-22-21(23-12-15-28-14-11-17(2)3)24-16-18-10-13-26(25-18)19-6-8-20(27-4)9-7-19/h6-10,13,17H,5,11-12,14-16H2,1-4H3,(H2,22,23,24). The molecule has 0 saturated heterocycles. The molecule has 1 aromatic heterocycles. The van der Waals surface area contributed by atoms with E-state index in [0.717, 1.165) is 49.2 Å². The third kappa shape index (κ3) is 7.60. The molecule has 0 unspecified atom stereocenters. The van der Waals surface area contributed by atoms with Crippen LogP contribution in [0.3, 0.4) is 0 Å². The third-order valence-electron chi connectivity index (χ3n) is 4.10. The average Bonchev–Trinajstić information content (AvgIpc) is 3.17. The van der Waals surface area contributed by atoms with Crippen LogP contribution >= 0.6 is 0 Å². The van der Waals surface area contributed by atoms with Crippen molar-refractivity contribution in [3.8, 4) is 11.4 Å². The lowest BCUT2D eigenvalue weighted by atomic mass is 10.1. The van der Waals surface area contributed by atoms with Crippen LogP contribution in [0, 0.1) is 5.92 Å². The maximum absolute atomic E-state index is 5.63. The first-order valence-electron chi connectivity index (χ1n) is 9.91. The minimum Gasteiger partial charge on any atom is -0.497 e. The molecule has 0 amide bonds. The van der Waals surface area contributed by atoms with E-state index in [1.165, 1.54) is 0 Å². The molecule has 154 valence electrons. The quantitative estimate of drug-likeness (QED) is 0.352. The second kappa shape index (κ2) is 12.0. The van der Waals surface area contributed by atoms with Crippen LogP contribution < -0.4 is 15.4 Å². The Bertz CT molecular complexity index is 710. The Hall–Kier alpha value is -2.54. The van der Waals surface area contributed by atoms with Gasteiger partial charge in [0.2, 0.25) is 0 Å². The van der Waals surface area contributed by atoms with Gasteiger partial charge in [-0.05, 0) is 49.6 Å². The van der Waals surface area contributed by atoms with Crippen LogP contribution in [0.15, 0.2) is 41.5 Å². The van der Waals surface area contributed by atoms with Gasteiger partial charge in [0.15, 0.2) is 5.96 Å². The number of aliphatic imine (C=N–C) groups is 1. The van der Waals surface area contributed by atoms with E-state index in [9.17, 15) is 0 Å². The van der Waals surface area contributed by atoms with Crippen LogP contribution in [0.5, 0.6) is 5.75 Å². The predicted octanol–water partition coefficient (Wildman–Crippen LogP) is 3.00. The molecular formula is C21H33N5O2. The topological polar surface area (TPSA) is 72.7 Å². The van der Waals surface area contributed by atoms with Crippen LogP contribution in [0.4, 0.5) is 0 Å². The van der Waals surface area contributed by atoms with Crippen LogP contribution in [-0.4, -0.2) is 49.2 Å². The van der Waals surface area contributed by atoms with Gasteiger partial charge in [-0.2, -0.15) is 5.10 Å². The Labute approximate surface area is 168 Å². The molecule has 0 aliphatic rings. The molecule has 2 rings (SSSR count). The van der Waals surface area contributed by atoms with Gasteiger partial charge in [-0.3, -0.25) is 0 Å². The van der Waals surface area contributed by atoms with Crippen molar-refractivity contribution in [1.82, 2.24) is 20.4 Å². The minimum absolute atomic E-state index is 0.507. The third-order valence-corrected chi connectivity index (χ3v) is 4.10. The monoisotopic (exact) mass is 387 g/mol. The van der Waals surface area contributed by atoms with Crippen LogP contribution in [0.25, 0.3) is 5.69 Å². The first-order chi connectivity index (χ1) is 13.6. The lowest BCUT2D eigenvalue weighted by molar-refractivity contribution is 0.128. The number of aromatic nitrogens is 2. The molecule has 0 fully saturated rings. The summed E-state index contributed by atoms with van der Waals surface area (Å²) < 4.78 is 12.7. The largest absolute Gasteiger partial charge is 0.497 e. The maximum atomic E-state index is 5.63. The van der Waals surface area contributed by atoms with E-state index < -0.39 is 0 Å². The molecule has 0 saturated carbocycles. The average molecular weight is 388 g/mol. The summed E-state index contributed by atoms with van der Waals surface area (Å²) in [5.41, 5.74) is 1.89. The zero-order valence-corrected chi connectivity index (χ0v) is 17.4. The van der Waals surface area contributed by atoms with Crippen molar-refractivity contribution >= 4 is 5.96 Å². The van der Waals surface area contributed by atoms with Gasteiger partial charge in [0.25, 0.3) is 0 Å². The lowest BCUT2D eigenvalue weighted by Gasteiger charge is -2.11. The number of guanidine groups is 1. The molecule has 28 heavy (non-hydrogen) atoms. The summed E-state index contributed by atoms with van der Waals surface area (Å²) >= 11 is 0. The van der Waals surface area contributed by atoms with Crippen molar-refractivity contribution < 1.29 is 9.47 Å². The van der Waals surface area contributed by atoms with Gasteiger partial charge in [0.1, 0.15) is 5.75 Å². The molecule has 0 aliphatic carbocycles. The van der Waals surface area contributed by atoms with Gasteiger partial charge < -0.3 is 20.1 Å². The van der Waals surface area contributed by atoms with E-state index in [2.05, 4.69) is 41.5 Å². The highest BCUT2D eigenvalue weighted by molar-refractivity contribution is 5.79. The fourth-order valence-electron chi connectivity index (χ4n) is 2.49. The molecule has 0 atom stereocenters. The number of rotatable bonds is 11. The number of nitrogens with one attached hydrogen (secondary N) is 2. The number of nitrogens with zero attached hydrogens (tertiary/aromatic N) is 3. The van der Waals surface area contributed by atoms with Gasteiger partial charge in [-0.15, -0.1) is 0 Å². The molecule has 7 heteroatoms. The maximum Gasteiger partial charge on any atom is 0.191 e. The number of ether oxygens (including phenoxy) is 2. The number of hydrogen-bond donors (Lipinski definition) is 2. The van der Waals surface area contributed by atoms with Crippen molar-refractivity contribution in [2.45, 2.75) is 33.7 Å². The molecule has 0 aliphatic heterocycles. The van der Waals surface area contributed by atoms with E-state index in [0.29, 0.717) is 19.1 Å². The van der Waals surface area contributed by atoms with E-state index in [1.54, 1.807) is 7.11 Å². The number of hydrogen-bond acceptors (Lipinski definition) is 4. The molecule has 0 radical (unpaired) electrons. The second-order valence-electron chi connectivity index (χ2n) is 6.87. The summed E-state index contributed by atoms with van der Waals surface area (Å²) in [5, 5.41) is 11.1. The Balaban J connectivity index is 1.84. The zero-order chi connectivity index (χ0) is 20.2. The van der Waals surface area contributed by atoms with Gasteiger partial charge >= 0.3 is 0 Å². The first-order valence-corrected chi connectivity index (χ1v) is 9.91. The Morgan fingerprint density at radius 2 is 1.93 bits per heavy atom. The SMILES string of the molecule is CCNC(=NCc1ccn(-c2ccc(OC)cc2)n1)NCCOCCC(C)C. The predicted molar refractivity (Wildman–Crippen MR) is 113 cm³/mol. The number of benzene rings is 1. The Morgan fingerprint density at radius 3 is 2.61 bits per heavy atom. The second-order valence-corrected chi connectivity index (χ2v) is 6.87. The summed E-state index contributed by atoms with van der Waals surface area (Å²) in [5.74, 6) is 2.27. The van der Waals surface area contributed by atoms with Crippen LogP contribution in [0.2, 0.25) is 0 Å². The van der Waals surface area contributed by atoms with Crippen molar-refractivity contribution in [1.29, 1.82) is 0 Å². The first kappa shape index (κ1) is 21.8. The van der Waals surface area contributed by atoms with Crippen molar-refractivity contribution in [3.05, 3.63) is 42.2 Å². The van der Waals surface area contributed by atoms with Crippen LogP contribution in [0.1, 0.15) is 32.9 Å². The smallest absolute Gasteiger partial charge is 0.191 e. The Kier molecular flexibility index (Phi) is 9.34. The van der Waals surface area contributed by atoms with Gasteiger partial charge in [-0.25, -0.2) is 9.67 Å². The highest BCUT2D eigenvalue weighted by Crippen LogP contribution is 2.14. The molecule has 0 spiro atoms. The summed E-state index contributed by atoms with van der Waals surface area (Å²) in [6.07, 6.45) is 3.03. The van der Waals surface area contributed by atoms with E-state index >= 15 is 0 Å². The number of methoxy groups -OCH3 is 1. The van der Waals surface area contributed by atoms with Crippen molar-refractivity contribution in [2.24, 2.45) is 10.9 Å². The lowest BCUT2D eigenvalue weighted by Crippen LogP contribution is -2.39. The summed E-state index contributed by atoms with van der Waals surface area (Å²) in [6.45, 7) is 9.96. The van der Waals surface area contributed by atoms with Gasteiger partial charge in [-0.1, -0.05) is 13.8 Å². The van der Waals surface area contributed by atoms with Crippen molar-refractivity contribution in [3.63, 3.8) is 0 Å². The molecule has 7 nitrogen and oxygen atoms in total. The van der Waals surface area contributed by atoms with Gasteiger partial charge in [0.05, 0.1) is 31.6 Å². The van der Waals surface area contributed by atoms with Gasteiger partial charge in [0, 0.05) is 25.9 Å². The highest BCUT2D eigenvalue weighted by Gasteiger charge is 2.03. The van der Waals surface area contributed by atoms with E-state index in [-0.39, 0.29) is 0 Å². The normalized spacial score (nSPS) is 11.7. The molecule has 1 aromatic carbocycles. The summed E-state index contributed by atoms with van der Waals surface area (Å²) in [7, 11) is 1.66. The van der Waals surface area contributed by atoms with E-state index in [4.69, 9.17) is 9.47 Å².